The fourth-order valence-electron chi connectivity index (χ4n) is 1.23. The summed E-state index contributed by atoms with van der Waals surface area (Å²) in [5, 5.41) is 0. The highest BCUT2D eigenvalue weighted by atomic mass is 14.3. The molecule has 46 valence electrons. The van der Waals surface area contributed by atoms with E-state index in [1.165, 1.54) is 12.8 Å². The zero-order valence-corrected chi connectivity index (χ0v) is 5.38. The van der Waals surface area contributed by atoms with Gasteiger partial charge in [-0.05, 0) is 18.8 Å². The molecule has 0 nitrogen and oxygen atoms in total. The van der Waals surface area contributed by atoms with E-state index >= 15 is 0 Å². The van der Waals surface area contributed by atoms with E-state index < -0.39 is 0 Å². The van der Waals surface area contributed by atoms with Crippen LogP contribution in [0.25, 0.3) is 0 Å². The summed E-state index contributed by atoms with van der Waals surface area (Å²) in [6, 6.07) is 0. The minimum absolute atomic E-state index is 0.909. The summed E-state index contributed by atoms with van der Waals surface area (Å²) in [4.78, 5) is 0. The average molecular weight is 118 g/mol. The maximum absolute atomic E-state index is 2.25. The fraction of sp³-hybridized carbons (Fsp3) is 0.333. The second-order valence-electron chi connectivity index (χ2n) is 2.69. The summed E-state index contributed by atoms with van der Waals surface area (Å²) < 4.78 is 0. The van der Waals surface area contributed by atoms with Crippen LogP contribution in [-0.4, -0.2) is 0 Å². The zero-order valence-electron chi connectivity index (χ0n) is 5.38. The number of rotatable bonds is 0. The molecule has 2 aliphatic carbocycles. The second-order valence-corrected chi connectivity index (χ2v) is 2.69. The van der Waals surface area contributed by atoms with Gasteiger partial charge in [0.1, 0.15) is 0 Å². The molecule has 1 unspecified atom stereocenters. The van der Waals surface area contributed by atoms with Gasteiger partial charge in [-0.3, -0.25) is 0 Å². The van der Waals surface area contributed by atoms with E-state index in [-0.39, 0.29) is 0 Å². The maximum Gasteiger partial charge on any atom is -0.0128 e. The van der Waals surface area contributed by atoms with E-state index in [1.54, 1.807) is 5.57 Å². The normalized spacial score (nSPS) is 43.1. The van der Waals surface area contributed by atoms with Crippen molar-refractivity contribution in [3.63, 3.8) is 0 Å². The van der Waals surface area contributed by atoms with Gasteiger partial charge >= 0.3 is 0 Å². The molecule has 0 N–H and O–H groups in total. The molecule has 0 aromatic carbocycles. The molecule has 1 atom stereocenters. The van der Waals surface area contributed by atoms with Gasteiger partial charge in [-0.25, -0.2) is 0 Å². The first-order chi connectivity index (χ1) is 4.47. The van der Waals surface area contributed by atoms with Crippen molar-refractivity contribution < 1.29 is 0 Å². The highest BCUT2D eigenvalue weighted by molar-refractivity contribution is 5.31. The van der Waals surface area contributed by atoms with E-state index in [1.807, 2.05) is 0 Å². The van der Waals surface area contributed by atoms with Crippen molar-refractivity contribution in [3.05, 3.63) is 36.0 Å². The van der Waals surface area contributed by atoms with E-state index in [4.69, 9.17) is 0 Å². The maximum atomic E-state index is 2.25. The van der Waals surface area contributed by atoms with Gasteiger partial charge in [0, 0.05) is 0 Å². The third-order valence-electron chi connectivity index (χ3n) is 1.94. The summed E-state index contributed by atoms with van der Waals surface area (Å²) in [5.74, 6) is 0.909. The Hall–Kier alpha value is -0.780. The second kappa shape index (κ2) is 1.87. The standard InChI is InChI=1S/C9H10/c1-2-4-6-9-7-8(9)5-3-1/h1-5,9H,6-7H2/b3-1-,4-2-,8-5-. The first-order valence-electron chi connectivity index (χ1n) is 3.49. The van der Waals surface area contributed by atoms with Crippen molar-refractivity contribution in [2.45, 2.75) is 12.8 Å². The van der Waals surface area contributed by atoms with Crippen LogP contribution >= 0.6 is 0 Å². The van der Waals surface area contributed by atoms with Crippen molar-refractivity contribution >= 4 is 0 Å². The summed E-state index contributed by atoms with van der Waals surface area (Å²) in [5.41, 5.74) is 1.63. The van der Waals surface area contributed by atoms with Gasteiger partial charge in [0.05, 0.1) is 0 Å². The number of hydrogen-bond donors (Lipinski definition) is 0. The fourth-order valence-corrected chi connectivity index (χ4v) is 1.23. The molecule has 0 saturated heterocycles. The lowest BCUT2D eigenvalue weighted by atomic mass is 10.2. The molecule has 0 heteroatoms. The van der Waals surface area contributed by atoms with Gasteiger partial charge in [0.15, 0.2) is 0 Å². The lowest BCUT2D eigenvalue weighted by Crippen LogP contribution is -1.70. The lowest BCUT2D eigenvalue weighted by Gasteiger charge is -1.86. The molecule has 2 rings (SSSR count). The van der Waals surface area contributed by atoms with Gasteiger partial charge in [0.25, 0.3) is 0 Å². The smallest absolute Gasteiger partial charge is 0.0128 e. The van der Waals surface area contributed by atoms with Crippen LogP contribution in [0.15, 0.2) is 36.0 Å². The third-order valence-corrected chi connectivity index (χ3v) is 1.94. The van der Waals surface area contributed by atoms with Crippen LogP contribution in [0.4, 0.5) is 0 Å². The predicted octanol–water partition coefficient (Wildman–Crippen LogP) is 2.45. The summed E-state index contributed by atoms with van der Waals surface area (Å²) in [7, 11) is 0. The van der Waals surface area contributed by atoms with Gasteiger partial charge in [0.2, 0.25) is 0 Å². The Kier molecular flexibility index (Phi) is 1.05. The molecular weight excluding hydrogens is 108 g/mol. The molecule has 0 aromatic heterocycles. The van der Waals surface area contributed by atoms with Crippen molar-refractivity contribution in [2.24, 2.45) is 5.92 Å². The molecule has 0 bridgehead atoms. The van der Waals surface area contributed by atoms with Gasteiger partial charge in [-0.2, -0.15) is 0 Å². The molecular formula is C9H10. The van der Waals surface area contributed by atoms with Crippen LogP contribution in [0.3, 0.4) is 0 Å². The number of fused-ring (bicyclic) bond motifs is 1. The van der Waals surface area contributed by atoms with Crippen molar-refractivity contribution in [1.82, 2.24) is 0 Å². The molecule has 1 saturated carbocycles. The van der Waals surface area contributed by atoms with E-state index in [9.17, 15) is 0 Å². The highest BCUT2D eigenvalue weighted by Crippen LogP contribution is 2.41. The van der Waals surface area contributed by atoms with Crippen molar-refractivity contribution in [2.75, 3.05) is 0 Å². The molecule has 0 aromatic rings. The summed E-state index contributed by atoms with van der Waals surface area (Å²) in [6.45, 7) is 0. The Morgan fingerprint density at radius 3 is 3.22 bits per heavy atom. The number of allylic oxidation sites excluding steroid dienone is 6. The Morgan fingerprint density at radius 2 is 2.22 bits per heavy atom. The molecule has 9 heavy (non-hydrogen) atoms. The Morgan fingerprint density at radius 1 is 1.22 bits per heavy atom. The van der Waals surface area contributed by atoms with E-state index in [0.717, 1.165) is 5.92 Å². The minimum atomic E-state index is 0.909. The molecule has 0 radical (unpaired) electrons. The first kappa shape index (κ1) is 5.04. The summed E-state index contributed by atoms with van der Waals surface area (Å²) in [6.07, 6.45) is 13.5. The quantitative estimate of drug-likeness (QED) is 0.458. The monoisotopic (exact) mass is 118 g/mol. The first-order valence-corrected chi connectivity index (χ1v) is 3.49. The molecule has 0 amide bonds. The van der Waals surface area contributed by atoms with Crippen LogP contribution in [0.5, 0.6) is 0 Å². The average Bonchev–Trinajstić information content (AvgIpc) is 2.46. The van der Waals surface area contributed by atoms with Crippen LogP contribution in [0, 0.1) is 5.92 Å². The molecule has 1 fully saturated rings. The van der Waals surface area contributed by atoms with E-state index in [0.29, 0.717) is 0 Å². The minimum Gasteiger partial charge on any atom is -0.0839 e. The largest absolute Gasteiger partial charge is 0.0839 e. The van der Waals surface area contributed by atoms with Crippen LogP contribution in [-0.2, 0) is 0 Å². The van der Waals surface area contributed by atoms with Crippen LogP contribution in [0.2, 0.25) is 0 Å². The lowest BCUT2D eigenvalue weighted by molar-refractivity contribution is 0.892. The number of hydrogen-bond acceptors (Lipinski definition) is 0. The van der Waals surface area contributed by atoms with Gasteiger partial charge in [-0.15, -0.1) is 0 Å². The van der Waals surface area contributed by atoms with E-state index in [2.05, 4.69) is 30.4 Å². The van der Waals surface area contributed by atoms with Crippen LogP contribution in [0.1, 0.15) is 12.8 Å². The van der Waals surface area contributed by atoms with Gasteiger partial charge in [-0.1, -0.05) is 36.0 Å². The SMILES string of the molecule is C1=C\C=C2\CC2C\C=C/1. The molecule has 0 aliphatic heterocycles. The van der Waals surface area contributed by atoms with Crippen molar-refractivity contribution in [1.29, 1.82) is 0 Å². The van der Waals surface area contributed by atoms with Gasteiger partial charge < -0.3 is 0 Å². The molecule has 2 aliphatic rings. The molecule has 0 spiro atoms. The summed E-state index contributed by atoms with van der Waals surface area (Å²) >= 11 is 0. The topological polar surface area (TPSA) is 0 Å². The molecule has 0 heterocycles. The van der Waals surface area contributed by atoms with Crippen LogP contribution < -0.4 is 0 Å². The highest BCUT2D eigenvalue weighted by Gasteiger charge is 2.27. The zero-order chi connectivity index (χ0) is 6.10. The third kappa shape index (κ3) is 0.973. The van der Waals surface area contributed by atoms with Crippen molar-refractivity contribution in [3.8, 4) is 0 Å². The Bertz CT molecular complexity index is 194. The Balaban J connectivity index is 2.21. The predicted molar refractivity (Wildman–Crippen MR) is 39.1 cm³/mol. The Labute approximate surface area is 55.6 Å².